The molecule has 0 aliphatic carbocycles. The van der Waals surface area contributed by atoms with Crippen LogP contribution in [0.5, 0.6) is 5.75 Å². The van der Waals surface area contributed by atoms with Gasteiger partial charge < -0.3 is 13.8 Å². The van der Waals surface area contributed by atoms with Gasteiger partial charge in [0.2, 0.25) is 0 Å². The van der Waals surface area contributed by atoms with Crippen LogP contribution >= 0.6 is 7.60 Å². The van der Waals surface area contributed by atoms with Gasteiger partial charge in [-0.15, -0.1) is 0 Å². The van der Waals surface area contributed by atoms with E-state index < -0.39 is 24.6 Å². The molecule has 0 bridgehead atoms. The third-order valence-electron chi connectivity index (χ3n) is 3.86. The highest BCUT2D eigenvalue weighted by Crippen LogP contribution is 2.47. The fourth-order valence-electron chi connectivity index (χ4n) is 2.62. The van der Waals surface area contributed by atoms with Gasteiger partial charge in [0.05, 0.1) is 38.0 Å². The fourth-order valence-corrected chi connectivity index (χ4v) is 4.09. The molecule has 168 valence electrons. The van der Waals surface area contributed by atoms with Crippen molar-refractivity contribution in [2.45, 2.75) is 20.4 Å². The molecule has 13 heteroatoms. The number of hydrogen-bond donors (Lipinski definition) is 1. The number of nitrogens with one attached hydrogen (secondary N) is 1. The summed E-state index contributed by atoms with van der Waals surface area (Å²) in [6.07, 6.45) is 3.43. The van der Waals surface area contributed by atoms with E-state index in [1.807, 2.05) is 0 Å². The van der Waals surface area contributed by atoms with Crippen LogP contribution in [0.1, 0.15) is 25.0 Å². The maximum absolute atomic E-state index is 12.4. The number of hydrogen-bond acceptors (Lipinski definition) is 9. The SMILES string of the molecule is CCOP(=O)(CC(=O)N/N=C\c1ccc(OC)c(Cn2cc([N+](=O)[O-])cn2)c1)OCC. The Balaban J connectivity index is 2.06. The van der Waals surface area contributed by atoms with Crippen molar-refractivity contribution in [2.75, 3.05) is 26.5 Å². The normalized spacial score (nSPS) is 11.6. The predicted molar refractivity (Wildman–Crippen MR) is 112 cm³/mol. The number of nitro groups is 1. The van der Waals surface area contributed by atoms with E-state index in [0.29, 0.717) is 16.9 Å². The maximum Gasteiger partial charge on any atom is 0.340 e. The first-order valence-corrected chi connectivity index (χ1v) is 11.1. The molecule has 0 fully saturated rings. The average molecular weight is 453 g/mol. The lowest BCUT2D eigenvalue weighted by atomic mass is 10.1. The van der Waals surface area contributed by atoms with Crippen LogP contribution in [0, 0.1) is 10.1 Å². The predicted octanol–water partition coefficient (Wildman–Crippen LogP) is 2.56. The van der Waals surface area contributed by atoms with E-state index in [1.54, 1.807) is 32.0 Å². The second-order valence-electron chi connectivity index (χ2n) is 6.12. The summed E-state index contributed by atoms with van der Waals surface area (Å²) < 4.78 is 29.3. The van der Waals surface area contributed by atoms with Crippen LogP contribution in [0.25, 0.3) is 0 Å². The molecule has 1 amide bonds. The van der Waals surface area contributed by atoms with Crippen LogP contribution in [0.4, 0.5) is 5.69 Å². The minimum Gasteiger partial charge on any atom is -0.496 e. The molecule has 1 aromatic heterocycles. The molecule has 0 atom stereocenters. The van der Waals surface area contributed by atoms with Crippen molar-refractivity contribution in [3.63, 3.8) is 0 Å². The number of hydrazone groups is 1. The summed E-state index contributed by atoms with van der Waals surface area (Å²) in [5.41, 5.74) is 3.51. The Bertz CT molecular complexity index is 981. The largest absolute Gasteiger partial charge is 0.496 e. The average Bonchev–Trinajstić information content (AvgIpc) is 3.17. The lowest BCUT2D eigenvalue weighted by Gasteiger charge is -2.15. The molecule has 0 spiro atoms. The standard InChI is InChI=1S/C18H24N5O7P/c1-4-29-31(27,30-5-2)13-18(24)21-19-9-14-6-7-17(28-3)15(8-14)11-22-12-16(10-20-22)23(25)26/h6-10,12H,4-5,11,13H2,1-3H3,(H,21,24)/b19-9-. The van der Waals surface area contributed by atoms with Gasteiger partial charge in [0, 0.05) is 5.56 Å². The second kappa shape index (κ2) is 11.3. The molecule has 1 heterocycles. The van der Waals surface area contributed by atoms with Gasteiger partial charge in [0.25, 0.3) is 5.91 Å². The molecule has 0 aliphatic rings. The highest BCUT2D eigenvalue weighted by molar-refractivity contribution is 7.54. The zero-order valence-corrected chi connectivity index (χ0v) is 18.3. The molecular weight excluding hydrogens is 429 g/mol. The molecule has 0 radical (unpaired) electrons. The van der Waals surface area contributed by atoms with E-state index in [9.17, 15) is 19.5 Å². The Morgan fingerprint density at radius 3 is 2.65 bits per heavy atom. The molecule has 0 saturated carbocycles. The van der Waals surface area contributed by atoms with E-state index in [2.05, 4.69) is 15.6 Å². The molecular formula is C18H24N5O7P. The summed E-state index contributed by atoms with van der Waals surface area (Å²) in [5, 5.41) is 18.7. The Kier molecular flexibility index (Phi) is 8.86. The number of carbonyl (C=O) groups is 1. The first-order valence-electron chi connectivity index (χ1n) is 9.34. The van der Waals surface area contributed by atoms with Crippen molar-refractivity contribution in [2.24, 2.45) is 5.10 Å². The van der Waals surface area contributed by atoms with E-state index in [1.165, 1.54) is 24.2 Å². The molecule has 1 N–H and O–H groups in total. The molecule has 0 aliphatic heterocycles. The van der Waals surface area contributed by atoms with Crippen LogP contribution in [-0.4, -0.2) is 53.3 Å². The topological polar surface area (TPSA) is 147 Å². The highest BCUT2D eigenvalue weighted by Gasteiger charge is 2.27. The third kappa shape index (κ3) is 7.28. The summed E-state index contributed by atoms with van der Waals surface area (Å²) >= 11 is 0. The summed E-state index contributed by atoms with van der Waals surface area (Å²) in [6, 6.07) is 5.16. The summed E-state index contributed by atoms with van der Waals surface area (Å²) in [4.78, 5) is 22.3. The van der Waals surface area contributed by atoms with E-state index in [-0.39, 0.29) is 25.4 Å². The van der Waals surface area contributed by atoms with Gasteiger partial charge in [-0.3, -0.25) is 24.2 Å². The number of aromatic nitrogens is 2. The van der Waals surface area contributed by atoms with Gasteiger partial charge in [-0.25, -0.2) is 5.43 Å². The highest BCUT2D eigenvalue weighted by atomic mass is 31.2. The zero-order chi connectivity index (χ0) is 22.9. The molecule has 2 aromatic rings. The molecule has 0 saturated heterocycles. The number of ether oxygens (including phenoxy) is 1. The number of carbonyl (C=O) groups excluding carboxylic acids is 1. The fraction of sp³-hybridized carbons (Fsp3) is 0.389. The van der Waals surface area contributed by atoms with Gasteiger partial charge in [-0.05, 0) is 37.6 Å². The quantitative estimate of drug-likeness (QED) is 0.223. The van der Waals surface area contributed by atoms with Crippen LogP contribution in [0.15, 0.2) is 35.7 Å². The van der Waals surface area contributed by atoms with Gasteiger partial charge in [0.1, 0.15) is 24.3 Å². The van der Waals surface area contributed by atoms with Crippen LogP contribution in [-0.2, 0) is 25.0 Å². The van der Waals surface area contributed by atoms with E-state index >= 15 is 0 Å². The Hall–Kier alpha value is -3.08. The van der Waals surface area contributed by atoms with E-state index in [4.69, 9.17) is 13.8 Å². The van der Waals surface area contributed by atoms with Gasteiger partial charge in [-0.2, -0.15) is 10.2 Å². The van der Waals surface area contributed by atoms with Crippen molar-refractivity contribution in [3.8, 4) is 5.75 Å². The van der Waals surface area contributed by atoms with Crippen molar-refractivity contribution >= 4 is 25.4 Å². The summed E-state index contributed by atoms with van der Waals surface area (Å²) in [5.74, 6) is -0.0484. The maximum atomic E-state index is 12.4. The smallest absolute Gasteiger partial charge is 0.340 e. The molecule has 0 unspecified atom stereocenters. The van der Waals surface area contributed by atoms with Crippen molar-refractivity contribution in [1.29, 1.82) is 0 Å². The summed E-state index contributed by atoms with van der Waals surface area (Å²) in [7, 11) is -2.00. The van der Waals surface area contributed by atoms with Crippen molar-refractivity contribution in [1.82, 2.24) is 15.2 Å². The van der Waals surface area contributed by atoms with E-state index in [0.717, 1.165) is 6.20 Å². The number of benzene rings is 1. The Morgan fingerprint density at radius 1 is 1.35 bits per heavy atom. The third-order valence-corrected chi connectivity index (χ3v) is 5.84. The minimum absolute atomic E-state index is 0.115. The molecule has 1 aromatic carbocycles. The van der Waals surface area contributed by atoms with Crippen molar-refractivity contribution in [3.05, 3.63) is 51.8 Å². The minimum atomic E-state index is -3.51. The lowest BCUT2D eigenvalue weighted by molar-refractivity contribution is -0.385. The first-order chi connectivity index (χ1) is 14.8. The van der Waals surface area contributed by atoms with Crippen molar-refractivity contribution < 1.29 is 28.1 Å². The van der Waals surface area contributed by atoms with Gasteiger partial charge in [0.15, 0.2) is 0 Å². The Morgan fingerprint density at radius 2 is 2.06 bits per heavy atom. The van der Waals surface area contributed by atoms with Crippen LogP contribution < -0.4 is 10.2 Å². The number of methoxy groups -OCH3 is 1. The first kappa shape index (κ1) is 24.2. The lowest BCUT2D eigenvalue weighted by Crippen LogP contribution is -2.22. The molecule has 31 heavy (non-hydrogen) atoms. The number of amides is 1. The summed E-state index contributed by atoms with van der Waals surface area (Å²) in [6.45, 7) is 3.86. The van der Waals surface area contributed by atoms with Gasteiger partial charge in [-0.1, -0.05) is 0 Å². The zero-order valence-electron chi connectivity index (χ0n) is 17.4. The number of nitrogens with zero attached hydrogens (tertiary/aromatic N) is 4. The molecule has 12 nitrogen and oxygen atoms in total. The second-order valence-corrected chi connectivity index (χ2v) is 8.18. The number of rotatable bonds is 12. The monoisotopic (exact) mass is 453 g/mol. The Labute approximate surface area is 178 Å². The molecule has 2 rings (SSSR count). The van der Waals surface area contributed by atoms with Crippen LogP contribution in [0.2, 0.25) is 0 Å². The van der Waals surface area contributed by atoms with Crippen LogP contribution in [0.3, 0.4) is 0 Å². The van der Waals surface area contributed by atoms with Gasteiger partial charge >= 0.3 is 13.3 Å².